The van der Waals surface area contributed by atoms with Gasteiger partial charge in [0.15, 0.2) is 11.5 Å². The third-order valence-corrected chi connectivity index (χ3v) is 5.46. The summed E-state index contributed by atoms with van der Waals surface area (Å²) in [6.45, 7) is 2.00. The van der Waals surface area contributed by atoms with Gasteiger partial charge in [-0.15, -0.1) is 0 Å². The second-order valence-corrected chi connectivity index (χ2v) is 7.61. The molecule has 3 aromatic rings. The highest BCUT2D eigenvalue weighted by molar-refractivity contribution is 6.30. The van der Waals surface area contributed by atoms with Gasteiger partial charge in [0.05, 0.1) is 25.6 Å². The number of anilines is 1. The Morgan fingerprint density at radius 1 is 0.903 bits per heavy atom. The predicted molar refractivity (Wildman–Crippen MR) is 126 cm³/mol. The number of methoxy groups -OCH3 is 2. The number of hydrogen-bond donors (Lipinski definition) is 0. The second-order valence-electron chi connectivity index (χ2n) is 7.18. The van der Waals surface area contributed by atoms with Crippen LogP contribution in [0.3, 0.4) is 0 Å². The van der Waals surface area contributed by atoms with E-state index in [0.717, 1.165) is 28.1 Å². The average molecular weight is 432 g/mol. The van der Waals surface area contributed by atoms with E-state index in [0.29, 0.717) is 22.1 Å². The molecule has 0 saturated carbocycles. The molecule has 0 atom stereocenters. The van der Waals surface area contributed by atoms with E-state index in [1.54, 1.807) is 19.1 Å². The van der Waals surface area contributed by atoms with E-state index in [2.05, 4.69) is 0 Å². The van der Waals surface area contributed by atoms with Crippen LogP contribution >= 0.6 is 11.6 Å². The van der Waals surface area contributed by atoms with Crippen molar-refractivity contribution in [2.75, 3.05) is 19.1 Å². The highest BCUT2D eigenvalue weighted by atomic mass is 35.5. The highest BCUT2D eigenvalue weighted by Gasteiger charge is 2.31. The molecule has 0 aliphatic carbocycles. The maximum absolute atomic E-state index is 13.5. The van der Waals surface area contributed by atoms with Gasteiger partial charge in [-0.1, -0.05) is 48.0 Å². The summed E-state index contributed by atoms with van der Waals surface area (Å²) in [6.07, 6.45) is 3.77. The van der Waals surface area contributed by atoms with Crippen molar-refractivity contribution in [1.82, 2.24) is 0 Å². The van der Waals surface area contributed by atoms with Crippen LogP contribution < -0.4 is 14.4 Å². The maximum atomic E-state index is 13.5. The average Bonchev–Trinajstić information content (AvgIpc) is 3.10. The molecule has 0 unspecified atom stereocenters. The van der Waals surface area contributed by atoms with Crippen LogP contribution in [0.1, 0.15) is 16.7 Å². The second kappa shape index (κ2) is 8.70. The lowest BCUT2D eigenvalue weighted by Gasteiger charge is -2.22. The van der Waals surface area contributed by atoms with Crippen molar-refractivity contribution >= 4 is 35.0 Å². The van der Waals surface area contributed by atoms with Crippen molar-refractivity contribution in [1.29, 1.82) is 0 Å². The molecule has 0 aromatic heterocycles. The van der Waals surface area contributed by atoms with Gasteiger partial charge in [0, 0.05) is 10.6 Å². The first-order chi connectivity index (χ1) is 15.0. The van der Waals surface area contributed by atoms with E-state index < -0.39 is 0 Å². The molecule has 1 heterocycles. The summed E-state index contributed by atoms with van der Waals surface area (Å²) in [5.41, 5.74) is 5.02. The molecule has 0 fully saturated rings. The summed E-state index contributed by atoms with van der Waals surface area (Å²) < 4.78 is 10.7. The van der Waals surface area contributed by atoms with Crippen molar-refractivity contribution in [2.24, 2.45) is 0 Å². The number of benzene rings is 3. The highest BCUT2D eigenvalue weighted by Crippen LogP contribution is 2.37. The third-order valence-electron chi connectivity index (χ3n) is 5.21. The van der Waals surface area contributed by atoms with Crippen molar-refractivity contribution in [2.45, 2.75) is 6.92 Å². The van der Waals surface area contributed by atoms with Gasteiger partial charge in [-0.25, -0.2) is 0 Å². The van der Waals surface area contributed by atoms with E-state index in [4.69, 9.17) is 21.1 Å². The van der Waals surface area contributed by atoms with Gasteiger partial charge in [0.1, 0.15) is 0 Å². The topological polar surface area (TPSA) is 38.8 Å². The van der Waals surface area contributed by atoms with Gasteiger partial charge >= 0.3 is 0 Å². The minimum atomic E-state index is -0.0889. The van der Waals surface area contributed by atoms with Crippen LogP contribution in [0, 0.1) is 6.92 Å². The summed E-state index contributed by atoms with van der Waals surface area (Å²) in [5, 5.41) is 0.650. The number of para-hydroxylation sites is 1. The molecule has 3 aromatic carbocycles. The van der Waals surface area contributed by atoms with Crippen molar-refractivity contribution in [3.8, 4) is 11.5 Å². The Bertz CT molecular complexity index is 1200. The molecule has 1 aliphatic rings. The van der Waals surface area contributed by atoms with Crippen molar-refractivity contribution in [3.05, 3.63) is 100 Å². The number of hydrogen-bond acceptors (Lipinski definition) is 3. The smallest absolute Gasteiger partial charge is 0.262 e. The fourth-order valence-corrected chi connectivity index (χ4v) is 3.75. The minimum absolute atomic E-state index is 0.0889. The number of carbonyl (C=O) groups is 1. The summed E-state index contributed by atoms with van der Waals surface area (Å²) in [4.78, 5) is 15.3. The van der Waals surface area contributed by atoms with Crippen LogP contribution in [0.15, 0.2) is 78.4 Å². The van der Waals surface area contributed by atoms with Crippen molar-refractivity contribution < 1.29 is 14.3 Å². The summed E-state index contributed by atoms with van der Waals surface area (Å²) in [7, 11) is 3.19. The van der Waals surface area contributed by atoms with E-state index in [1.165, 1.54) is 0 Å². The van der Waals surface area contributed by atoms with Crippen LogP contribution in [0.2, 0.25) is 5.02 Å². The maximum Gasteiger partial charge on any atom is 0.262 e. The van der Waals surface area contributed by atoms with Crippen LogP contribution in [-0.4, -0.2) is 20.1 Å². The summed E-state index contributed by atoms with van der Waals surface area (Å²) in [5.74, 6) is 1.16. The first kappa shape index (κ1) is 20.8. The van der Waals surface area contributed by atoms with Gasteiger partial charge in [0.2, 0.25) is 0 Å². The summed E-state index contributed by atoms with van der Waals surface area (Å²) >= 11 is 6.08. The first-order valence-corrected chi connectivity index (χ1v) is 10.2. The number of amides is 1. The Labute approximate surface area is 187 Å². The van der Waals surface area contributed by atoms with Gasteiger partial charge in [-0.05, 0) is 66.1 Å². The van der Waals surface area contributed by atoms with E-state index in [-0.39, 0.29) is 5.91 Å². The molecule has 0 saturated heterocycles. The molecule has 0 radical (unpaired) electrons. The molecule has 0 N–H and O–H groups in total. The number of halogens is 1. The van der Waals surface area contributed by atoms with Crippen LogP contribution in [0.4, 0.5) is 5.69 Å². The quantitative estimate of drug-likeness (QED) is 0.455. The SMILES string of the molecule is COc1ccc(/C=C2\C=C(c3ccc(Cl)cc3)N(c3ccccc3C)C2=O)cc1OC. The number of nitrogens with zero attached hydrogens (tertiary/aromatic N) is 1. The third kappa shape index (κ3) is 4.07. The molecule has 4 nitrogen and oxygen atoms in total. The minimum Gasteiger partial charge on any atom is -0.493 e. The number of ether oxygens (including phenoxy) is 2. The molecule has 31 heavy (non-hydrogen) atoms. The zero-order valence-corrected chi connectivity index (χ0v) is 18.3. The zero-order valence-electron chi connectivity index (χ0n) is 17.6. The molecule has 1 amide bonds. The normalized spacial score (nSPS) is 14.7. The number of carbonyl (C=O) groups excluding carboxylic acids is 1. The first-order valence-electron chi connectivity index (χ1n) is 9.83. The predicted octanol–water partition coefficient (Wildman–Crippen LogP) is 6.14. The molecular formula is C26H22ClNO3. The molecule has 1 aliphatic heterocycles. The largest absolute Gasteiger partial charge is 0.493 e. The fraction of sp³-hybridized carbons (Fsp3) is 0.115. The van der Waals surface area contributed by atoms with E-state index in [1.807, 2.05) is 85.8 Å². The van der Waals surface area contributed by atoms with Gasteiger partial charge in [-0.3, -0.25) is 9.69 Å². The Balaban J connectivity index is 1.82. The van der Waals surface area contributed by atoms with Gasteiger partial charge < -0.3 is 9.47 Å². The molecule has 0 spiro atoms. The van der Waals surface area contributed by atoms with Crippen LogP contribution in [0.5, 0.6) is 11.5 Å². The Morgan fingerprint density at radius 2 is 1.61 bits per heavy atom. The molecule has 0 bridgehead atoms. The molecule has 5 heteroatoms. The summed E-state index contributed by atoms with van der Waals surface area (Å²) in [6, 6.07) is 20.9. The number of aryl methyl sites for hydroxylation is 1. The van der Waals surface area contributed by atoms with Crippen molar-refractivity contribution in [3.63, 3.8) is 0 Å². The Kier molecular flexibility index (Phi) is 5.83. The monoisotopic (exact) mass is 431 g/mol. The van der Waals surface area contributed by atoms with Gasteiger partial charge in [-0.2, -0.15) is 0 Å². The zero-order chi connectivity index (χ0) is 22.0. The Hall–Kier alpha value is -3.50. The lowest BCUT2D eigenvalue weighted by molar-refractivity contribution is -0.113. The fourth-order valence-electron chi connectivity index (χ4n) is 3.62. The molecular weight excluding hydrogens is 410 g/mol. The van der Waals surface area contributed by atoms with E-state index in [9.17, 15) is 4.79 Å². The molecule has 156 valence electrons. The lowest BCUT2D eigenvalue weighted by atomic mass is 10.1. The van der Waals surface area contributed by atoms with Crippen LogP contribution in [-0.2, 0) is 4.79 Å². The Morgan fingerprint density at radius 3 is 2.29 bits per heavy atom. The van der Waals surface area contributed by atoms with Gasteiger partial charge in [0.25, 0.3) is 5.91 Å². The standard InChI is InChI=1S/C26H22ClNO3/c1-17-6-4-5-7-22(17)28-23(19-9-11-21(27)12-10-19)16-20(26(28)29)14-18-8-13-24(30-2)25(15-18)31-3/h4-16H,1-3H3/b20-14+. The lowest BCUT2D eigenvalue weighted by Crippen LogP contribution is -2.25. The van der Waals surface area contributed by atoms with E-state index >= 15 is 0 Å². The van der Waals surface area contributed by atoms with Crippen LogP contribution in [0.25, 0.3) is 11.8 Å². The molecule has 4 rings (SSSR count). The number of rotatable bonds is 5.